The van der Waals surface area contributed by atoms with E-state index in [1.165, 1.54) is 12.1 Å². The lowest BCUT2D eigenvalue weighted by Gasteiger charge is -2.15. The van der Waals surface area contributed by atoms with E-state index in [-0.39, 0.29) is 10.4 Å². The number of aryl methyl sites for hydroxylation is 1. The highest BCUT2D eigenvalue weighted by atomic mass is 32.1. The topological polar surface area (TPSA) is 56.3 Å². The van der Waals surface area contributed by atoms with Gasteiger partial charge in [0.05, 0.1) is 36.4 Å². The van der Waals surface area contributed by atoms with Crippen LogP contribution in [0.3, 0.4) is 0 Å². The van der Waals surface area contributed by atoms with E-state index >= 15 is 0 Å². The first kappa shape index (κ1) is 15.4. The fourth-order valence-corrected chi connectivity index (χ4v) is 3.57. The lowest BCUT2D eigenvalue weighted by atomic mass is 10.0. The molecule has 1 aromatic heterocycles. The molecule has 2 rings (SSSR count). The van der Waals surface area contributed by atoms with Gasteiger partial charge < -0.3 is 0 Å². The first-order valence-electron chi connectivity index (χ1n) is 5.88. The molecule has 1 aromatic rings. The zero-order valence-corrected chi connectivity index (χ0v) is 12.3. The van der Waals surface area contributed by atoms with Crippen LogP contribution in [0.1, 0.15) is 20.9 Å². The normalized spacial score (nSPS) is 19.3. The van der Waals surface area contributed by atoms with Gasteiger partial charge in [-0.3, -0.25) is 0 Å². The Morgan fingerprint density at radius 2 is 1.59 bits per heavy atom. The minimum atomic E-state index is -3.70. The Kier molecular flexibility index (Phi) is 3.55. The van der Waals surface area contributed by atoms with Crippen molar-refractivity contribution in [1.82, 2.24) is 0 Å². The van der Waals surface area contributed by atoms with Crippen molar-refractivity contribution in [2.45, 2.75) is 19.8 Å². The van der Waals surface area contributed by atoms with Gasteiger partial charge in [0.1, 0.15) is 0 Å². The van der Waals surface area contributed by atoms with E-state index in [2.05, 4.69) is 9.69 Å². The molecule has 0 unspecified atom stereocenters. The van der Waals surface area contributed by atoms with Gasteiger partial charge in [-0.05, 0) is 25.0 Å². The van der Waals surface area contributed by atoms with Crippen LogP contribution in [0.5, 0.6) is 0 Å². The summed E-state index contributed by atoms with van der Waals surface area (Å²) in [4.78, 5) is 6.60. The highest BCUT2D eigenvalue weighted by molar-refractivity contribution is 7.13. The van der Waals surface area contributed by atoms with Gasteiger partial charge in [-0.2, -0.15) is 8.78 Å². The van der Waals surface area contributed by atoms with Crippen molar-refractivity contribution in [3.05, 3.63) is 55.1 Å². The fourth-order valence-electron chi connectivity index (χ4n) is 2.33. The minimum absolute atomic E-state index is 0.0963. The lowest BCUT2D eigenvalue weighted by molar-refractivity contribution is 0.138. The molecule has 0 spiro atoms. The van der Waals surface area contributed by atoms with Gasteiger partial charge in [0, 0.05) is 9.75 Å². The van der Waals surface area contributed by atoms with Gasteiger partial charge in [0.2, 0.25) is 0 Å². The fraction of sp³-hybridized carbons (Fsp3) is 0.200. The van der Waals surface area contributed by atoms with Crippen molar-refractivity contribution in [3.63, 3.8) is 0 Å². The van der Waals surface area contributed by atoms with Crippen molar-refractivity contribution >= 4 is 22.5 Å². The van der Waals surface area contributed by atoms with E-state index in [1.807, 2.05) is 0 Å². The van der Waals surface area contributed by atoms with Crippen LogP contribution in [0, 0.1) is 49.7 Å². The van der Waals surface area contributed by atoms with E-state index in [9.17, 15) is 8.78 Å². The Labute approximate surface area is 129 Å². The number of nitrogens with zero attached hydrogens (tertiary/aromatic N) is 4. The summed E-state index contributed by atoms with van der Waals surface area (Å²) in [6, 6.07) is 2.97. The summed E-state index contributed by atoms with van der Waals surface area (Å²) in [6.07, 6.45) is 0. The second-order valence-electron chi connectivity index (χ2n) is 4.46. The Balaban J connectivity index is 3.10. The molecular weight excluding hydrogens is 306 g/mol. The molecule has 0 fully saturated rings. The smallest absolute Gasteiger partial charge is 0.226 e. The highest BCUT2D eigenvalue weighted by Gasteiger charge is 2.52. The number of nitriles is 2. The standard InChI is InChI=1S/C15H6F2N4S/c1-7-8(2)22-14-11(7)12(9(5-18)20-3)15(16,17)13(14)10(6-19)21-4/h1-2H3/b12-9+,13-10+. The first-order valence-corrected chi connectivity index (χ1v) is 6.69. The highest BCUT2D eigenvalue weighted by Crippen LogP contribution is 2.58. The molecule has 0 radical (unpaired) electrons. The van der Waals surface area contributed by atoms with E-state index < -0.39 is 28.5 Å². The Morgan fingerprint density at radius 1 is 1.09 bits per heavy atom. The van der Waals surface area contributed by atoms with E-state index in [0.717, 1.165) is 16.2 Å². The van der Waals surface area contributed by atoms with Gasteiger partial charge in [-0.15, -0.1) is 11.3 Å². The molecule has 0 atom stereocenters. The average Bonchev–Trinajstić information content (AvgIpc) is 2.87. The van der Waals surface area contributed by atoms with Crippen molar-refractivity contribution in [1.29, 1.82) is 10.5 Å². The number of allylic oxidation sites excluding steroid dienone is 4. The molecule has 4 nitrogen and oxygen atoms in total. The number of fused-ring (bicyclic) bond motifs is 1. The molecule has 106 valence electrons. The number of hydrogen-bond donors (Lipinski definition) is 0. The summed E-state index contributed by atoms with van der Waals surface area (Å²) in [7, 11) is 0. The van der Waals surface area contributed by atoms with Crippen LogP contribution >= 0.6 is 11.3 Å². The molecule has 22 heavy (non-hydrogen) atoms. The quantitative estimate of drug-likeness (QED) is 0.529. The third kappa shape index (κ3) is 1.81. The first-order chi connectivity index (χ1) is 10.3. The minimum Gasteiger partial charge on any atom is -0.226 e. The van der Waals surface area contributed by atoms with E-state index in [0.29, 0.717) is 5.56 Å². The molecule has 1 aliphatic rings. The zero-order chi connectivity index (χ0) is 16.7. The third-order valence-electron chi connectivity index (χ3n) is 3.40. The van der Waals surface area contributed by atoms with Crippen molar-refractivity contribution in [2.75, 3.05) is 0 Å². The maximum absolute atomic E-state index is 14.8. The molecule has 0 amide bonds. The van der Waals surface area contributed by atoms with Crippen molar-refractivity contribution in [3.8, 4) is 12.1 Å². The Hall–Kier alpha value is -3.00. The van der Waals surface area contributed by atoms with Gasteiger partial charge >= 0.3 is 0 Å². The predicted octanol–water partition coefficient (Wildman–Crippen LogP) is 4.32. The van der Waals surface area contributed by atoms with Crippen LogP contribution in [-0.4, -0.2) is 5.92 Å². The van der Waals surface area contributed by atoms with Crippen LogP contribution in [0.15, 0.2) is 11.4 Å². The maximum atomic E-state index is 14.8. The van der Waals surface area contributed by atoms with Crippen molar-refractivity contribution in [2.24, 2.45) is 0 Å². The van der Waals surface area contributed by atoms with Gasteiger partial charge in [-0.25, -0.2) is 20.2 Å². The van der Waals surface area contributed by atoms with Crippen LogP contribution in [0.4, 0.5) is 8.78 Å². The Bertz CT molecular complexity index is 889. The summed E-state index contributed by atoms with van der Waals surface area (Å²) in [5.74, 6) is -3.70. The second kappa shape index (κ2) is 5.08. The van der Waals surface area contributed by atoms with Gasteiger partial charge in [0.15, 0.2) is 0 Å². The molecule has 0 bridgehead atoms. The van der Waals surface area contributed by atoms with Gasteiger partial charge in [-0.1, -0.05) is 0 Å². The molecule has 0 saturated heterocycles. The molecule has 1 heterocycles. The molecule has 1 aliphatic carbocycles. The van der Waals surface area contributed by atoms with Crippen LogP contribution in [0.2, 0.25) is 0 Å². The maximum Gasteiger partial charge on any atom is 0.284 e. The molecular formula is C15H6F2N4S. The van der Waals surface area contributed by atoms with Gasteiger partial charge in [0.25, 0.3) is 17.3 Å². The third-order valence-corrected chi connectivity index (χ3v) is 4.62. The summed E-state index contributed by atoms with van der Waals surface area (Å²) < 4.78 is 29.5. The number of hydrogen-bond acceptors (Lipinski definition) is 3. The van der Waals surface area contributed by atoms with Crippen LogP contribution in [-0.2, 0) is 0 Å². The average molecular weight is 312 g/mol. The molecule has 0 N–H and O–H groups in total. The van der Waals surface area contributed by atoms with Crippen LogP contribution in [0.25, 0.3) is 20.8 Å². The summed E-state index contributed by atoms with van der Waals surface area (Å²) >= 11 is 1.04. The molecule has 0 aromatic carbocycles. The van der Waals surface area contributed by atoms with E-state index in [1.54, 1.807) is 13.8 Å². The number of rotatable bonds is 0. The monoisotopic (exact) mass is 312 g/mol. The van der Waals surface area contributed by atoms with E-state index in [4.69, 9.17) is 23.7 Å². The lowest BCUT2D eigenvalue weighted by Crippen LogP contribution is -2.16. The number of thiophene rings is 1. The number of halogens is 2. The van der Waals surface area contributed by atoms with Crippen LogP contribution < -0.4 is 0 Å². The Morgan fingerprint density at radius 3 is 2.05 bits per heavy atom. The zero-order valence-electron chi connectivity index (χ0n) is 11.5. The molecule has 0 aliphatic heterocycles. The molecule has 0 saturated carbocycles. The largest absolute Gasteiger partial charge is 0.284 e. The summed E-state index contributed by atoms with van der Waals surface area (Å²) in [6.45, 7) is 17.2. The van der Waals surface area contributed by atoms with Crippen molar-refractivity contribution < 1.29 is 8.78 Å². The SMILES string of the molecule is [C-]#[N+]/C(C#N)=C1\c2sc(C)c(C)c2/C(=C(/C#N)[N+]#[C-])C1(F)F. The predicted molar refractivity (Wildman–Crippen MR) is 77.0 cm³/mol. The second-order valence-corrected chi connectivity index (χ2v) is 5.68. The summed E-state index contributed by atoms with van der Waals surface area (Å²) in [5, 5.41) is 18.0. The molecule has 7 heteroatoms. The summed E-state index contributed by atoms with van der Waals surface area (Å²) in [5.41, 5.74) is -2.20. The number of alkyl halides is 2.